The summed E-state index contributed by atoms with van der Waals surface area (Å²) in [5, 5.41) is 7.06. The van der Waals surface area contributed by atoms with Gasteiger partial charge in [0, 0.05) is 36.9 Å². The van der Waals surface area contributed by atoms with E-state index in [0.29, 0.717) is 12.2 Å². The molecule has 0 aromatic carbocycles. The van der Waals surface area contributed by atoms with Crippen molar-refractivity contribution >= 4 is 21.8 Å². The summed E-state index contributed by atoms with van der Waals surface area (Å²) in [5.74, 6) is -0.105. The van der Waals surface area contributed by atoms with Crippen molar-refractivity contribution in [3.63, 3.8) is 0 Å². The molecule has 17 heavy (non-hydrogen) atoms. The normalized spacial score (nSPS) is 10.5. The lowest BCUT2D eigenvalue weighted by molar-refractivity contribution is 0.0949. The van der Waals surface area contributed by atoms with Crippen LogP contribution in [-0.4, -0.2) is 27.2 Å². The Bertz CT molecular complexity index is 517. The third-order valence-electron chi connectivity index (χ3n) is 2.33. The Morgan fingerprint density at radius 2 is 2.47 bits per heavy atom. The highest BCUT2D eigenvalue weighted by molar-refractivity contribution is 9.10. The first-order chi connectivity index (χ1) is 8.15. The van der Waals surface area contributed by atoms with E-state index >= 15 is 0 Å². The van der Waals surface area contributed by atoms with Gasteiger partial charge in [-0.3, -0.25) is 9.48 Å². The van der Waals surface area contributed by atoms with Crippen LogP contribution in [0.4, 0.5) is 0 Å². The number of hydrogen-bond donors (Lipinski definition) is 2. The maximum Gasteiger partial charge on any atom is 0.267 e. The molecule has 0 saturated heterocycles. The second kappa shape index (κ2) is 5.18. The Morgan fingerprint density at radius 3 is 3.06 bits per heavy atom. The van der Waals surface area contributed by atoms with Crippen molar-refractivity contribution in [1.82, 2.24) is 20.1 Å². The second-order valence-corrected chi connectivity index (χ2v) is 4.63. The van der Waals surface area contributed by atoms with Crippen molar-refractivity contribution in [2.75, 3.05) is 6.54 Å². The summed E-state index contributed by atoms with van der Waals surface area (Å²) in [7, 11) is 1.87. The van der Waals surface area contributed by atoms with Gasteiger partial charge in [0.25, 0.3) is 5.91 Å². The minimum Gasteiger partial charge on any atom is -0.356 e. The van der Waals surface area contributed by atoms with E-state index in [1.54, 1.807) is 16.9 Å². The van der Waals surface area contributed by atoms with Crippen LogP contribution in [0.25, 0.3) is 0 Å². The minimum atomic E-state index is -0.105. The van der Waals surface area contributed by atoms with Crippen molar-refractivity contribution in [2.24, 2.45) is 7.05 Å². The van der Waals surface area contributed by atoms with Gasteiger partial charge in [0.1, 0.15) is 5.69 Å². The van der Waals surface area contributed by atoms with Gasteiger partial charge >= 0.3 is 0 Å². The molecule has 6 heteroatoms. The number of rotatable bonds is 4. The zero-order valence-electron chi connectivity index (χ0n) is 9.40. The molecule has 0 radical (unpaired) electrons. The molecule has 2 rings (SSSR count). The molecule has 2 N–H and O–H groups in total. The number of carbonyl (C=O) groups is 1. The van der Waals surface area contributed by atoms with Gasteiger partial charge in [-0.25, -0.2) is 0 Å². The molecule has 0 unspecified atom stereocenters. The number of aryl methyl sites for hydroxylation is 1. The third-order valence-corrected chi connectivity index (χ3v) is 2.79. The van der Waals surface area contributed by atoms with Crippen molar-refractivity contribution in [1.29, 1.82) is 0 Å². The summed E-state index contributed by atoms with van der Waals surface area (Å²) >= 11 is 3.28. The van der Waals surface area contributed by atoms with Gasteiger partial charge in [-0.1, -0.05) is 0 Å². The van der Waals surface area contributed by atoms with E-state index in [4.69, 9.17) is 0 Å². The molecule has 2 heterocycles. The molecule has 0 saturated carbocycles. The molecule has 2 aromatic heterocycles. The lowest BCUT2D eigenvalue weighted by Crippen LogP contribution is -2.26. The third kappa shape index (κ3) is 3.20. The molecule has 0 bridgehead atoms. The SMILES string of the molecule is Cn1ccc(CCNC(=O)c2cc(Br)c[nH]2)n1. The van der Waals surface area contributed by atoms with Crippen LogP contribution >= 0.6 is 15.9 Å². The number of carbonyl (C=O) groups excluding carboxylic acids is 1. The molecule has 0 spiro atoms. The molecule has 0 atom stereocenters. The van der Waals surface area contributed by atoms with E-state index in [9.17, 15) is 4.79 Å². The highest BCUT2D eigenvalue weighted by atomic mass is 79.9. The number of nitrogens with one attached hydrogen (secondary N) is 2. The number of amides is 1. The Labute approximate surface area is 107 Å². The predicted octanol–water partition coefficient (Wildman–Crippen LogP) is 1.48. The van der Waals surface area contributed by atoms with E-state index in [-0.39, 0.29) is 5.91 Å². The van der Waals surface area contributed by atoms with Crippen molar-refractivity contribution < 1.29 is 4.79 Å². The van der Waals surface area contributed by atoms with Crippen LogP contribution in [0.2, 0.25) is 0 Å². The number of nitrogens with zero attached hydrogens (tertiary/aromatic N) is 2. The number of H-pyrrole nitrogens is 1. The highest BCUT2D eigenvalue weighted by Gasteiger charge is 2.07. The molecule has 2 aromatic rings. The zero-order chi connectivity index (χ0) is 12.3. The summed E-state index contributed by atoms with van der Waals surface area (Å²) in [6.45, 7) is 0.576. The molecule has 0 aliphatic heterocycles. The first-order valence-electron chi connectivity index (χ1n) is 5.26. The summed E-state index contributed by atoms with van der Waals surface area (Å²) in [6, 6.07) is 3.69. The predicted molar refractivity (Wildman–Crippen MR) is 67.7 cm³/mol. The number of aromatic amines is 1. The van der Waals surface area contributed by atoms with Gasteiger partial charge < -0.3 is 10.3 Å². The lowest BCUT2D eigenvalue weighted by atomic mass is 10.3. The fourth-order valence-corrected chi connectivity index (χ4v) is 1.84. The first-order valence-corrected chi connectivity index (χ1v) is 6.05. The fourth-order valence-electron chi connectivity index (χ4n) is 1.49. The van der Waals surface area contributed by atoms with Crippen LogP contribution in [-0.2, 0) is 13.5 Å². The van der Waals surface area contributed by atoms with E-state index in [0.717, 1.165) is 16.6 Å². The topological polar surface area (TPSA) is 62.7 Å². The van der Waals surface area contributed by atoms with E-state index in [1.165, 1.54) is 0 Å². The molecular formula is C11H13BrN4O. The van der Waals surface area contributed by atoms with Crippen LogP contribution in [0.1, 0.15) is 16.2 Å². The molecule has 0 aliphatic rings. The average Bonchev–Trinajstić information content (AvgIpc) is 2.88. The van der Waals surface area contributed by atoms with Crippen LogP contribution in [0, 0.1) is 0 Å². The summed E-state index contributed by atoms with van der Waals surface area (Å²) in [6.07, 6.45) is 4.35. The fraction of sp³-hybridized carbons (Fsp3) is 0.273. The van der Waals surface area contributed by atoms with E-state index in [2.05, 4.69) is 31.3 Å². The maximum absolute atomic E-state index is 11.7. The van der Waals surface area contributed by atoms with Crippen molar-refractivity contribution in [3.05, 3.63) is 40.4 Å². The van der Waals surface area contributed by atoms with E-state index in [1.807, 2.05) is 19.3 Å². The van der Waals surface area contributed by atoms with Gasteiger partial charge in [0.2, 0.25) is 0 Å². The minimum absolute atomic E-state index is 0.105. The van der Waals surface area contributed by atoms with Crippen molar-refractivity contribution in [2.45, 2.75) is 6.42 Å². The van der Waals surface area contributed by atoms with Gasteiger partial charge in [0.05, 0.1) is 5.69 Å². The first kappa shape index (κ1) is 11.9. The number of hydrogen-bond acceptors (Lipinski definition) is 2. The number of aromatic nitrogens is 3. The van der Waals surface area contributed by atoms with Gasteiger partial charge in [0.15, 0.2) is 0 Å². The van der Waals surface area contributed by atoms with Crippen LogP contribution in [0.3, 0.4) is 0 Å². The van der Waals surface area contributed by atoms with Crippen LogP contribution < -0.4 is 5.32 Å². The largest absolute Gasteiger partial charge is 0.356 e. The molecule has 5 nitrogen and oxygen atoms in total. The summed E-state index contributed by atoms with van der Waals surface area (Å²) in [5.41, 5.74) is 1.53. The smallest absolute Gasteiger partial charge is 0.267 e. The Morgan fingerprint density at radius 1 is 1.65 bits per heavy atom. The molecule has 0 aliphatic carbocycles. The average molecular weight is 297 g/mol. The zero-order valence-corrected chi connectivity index (χ0v) is 11.0. The molecule has 90 valence electrons. The molecular weight excluding hydrogens is 284 g/mol. The Kier molecular flexibility index (Phi) is 3.63. The Balaban J connectivity index is 1.81. The van der Waals surface area contributed by atoms with Crippen LogP contribution in [0.5, 0.6) is 0 Å². The Hall–Kier alpha value is -1.56. The standard InChI is InChI=1S/C11H13BrN4O/c1-16-5-3-9(15-16)2-4-13-11(17)10-6-8(12)7-14-10/h3,5-7,14H,2,4H2,1H3,(H,13,17). The lowest BCUT2D eigenvalue weighted by Gasteiger charge is -2.01. The van der Waals surface area contributed by atoms with Gasteiger partial charge in [-0.15, -0.1) is 0 Å². The molecule has 0 fully saturated rings. The highest BCUT2D eigenvalue weighted by Crippen LogP contribution is 2.10. The van der Waals surface area contributed by atoms with Crippen LogP contribution in [0.15, 0.2) is 29.0 Å². The second-order valence-electron chi connectivity index (χ2n) is 3.72. The van der Waals surface area contributed by atoms with E-state index < -0.39 is 0 Å². The maximum atomic E-state index is 11.7. The number of halogens is 1. The molecule has 1 amide bonds. The summed E-state index contributed by atoms with van der Waals surface area (Å²) in [4.78, 5) is 14.5. The summed E-state index contributed by atoms with van der Waals surface area (Å²) < 4.78 is 2.62. The van der Waals surface area contributed by atoms with Gasteiger partial charge in [-0.05, 0) is 28.1 Å². The van der Waals surface area contributed by atoms with Crippen molar-refractivity contribution in [3.8, 4) is 0 Å². The quantitative estimate of drug-likeness (QED) is 0.898. The monoisotopic (exact) mass is 296 g/mol. The van der Waals surface area contributed by atoms with Gasteiger partial charge in [-0.2, -0.15) is 5.10 Å².